The van der Waals surface area contributed by atoms with Crippen LogP contribution in [0.4, 0.5) is 0 Å². The Balaban J connectivity index is 1.79. The maximum atomic E-state index is 13.3. The Morgan fingerprint density at radius 3 is 2.54 bits per heavy atom. The molecule has 10 atom stereocenters. The van der Waals surface area contributed by atoms with Crippen LogP contribution in [0.5, 0.6) is 0 Å². The van der Waals surface area contributed by atoms with Crippen molar-refractivity contribution in [2.75, 3.05) is 0 Å². The molecule has 6 heteroatoms. The molecule has 2 heterocycles. The lowest BCUT2D eigenvalue weighted by molar-refractivity contribution is -0.411. The Morgan fingerprint density at radius 1 is 1.15 bits per heavy atom. The number of hydrogen-bond acceptors (Lipinski definition) is 6. The molecular weight excluding hydrogens is 336 g/mol. The first kappa shape index (κ1) is 17.3. The van der Waals surface area contributed by atoms with Crippen LogP contribution < -0.4 is 0 Å². The maximum Gasteiger partial charge on any atom is 0.170 e. The van der Waals surface area contributed by atoms with Gasteiger partial charge in [-0.05, 0) is 42.6 Å². The van der Waals surface area contributed by atoms with Crippen LogP contribution >= 0.6 is 0 Å². The molecule has 4 bridgehead atoms. The van der Waals surface area contributed by atoms with Gasteiger partial charge in [-0.25, -0.2) is 0 Å². The van der Waals surface area contributed by atoms with Crippen molar-refractivity contribution in [1.82, 2.24) is 0 Å². The van der Waals surface area contributed by atoms with Crippen LogP contribution in [0.15, 0.2) is 12.2 Å². The molecule has 4 N–H and O–H groups in total. The number of hydrogen-bond donors (Lipinski definition) is 4. The number of carbonyl (C=O) groups excluding carboxylic acids is 1. The molecule has 26 heavy (non-hydrogen) atoms. The highest BCUT2D eigenvalue weighted by atomic mass is 16.6. The molecule has 6 fully saturated rings. The fraction of sp³-hybridized carbons (Fsp3) is 0.850. The molecule has 0 aromatic heterocycles. The highest BCUT2D eigenvalue weighted by Gasteiger charge is 2.83. The molecule has 4 aliphatic carbocycles. The van der Waals surface area contributed by atoms with Crippen LogP contribution in [0.3, 0.4) is 0 Å². The number of aliphatic hydroxyl groups is 4. The van der Waals surface area contributed by atoms with Gasteiger partial charge in [0.1, 0.15) is 0 Å². The van der Waals surface area contributed by atoms with Gasteiger partial charge in [0, 0.05) is 11.8 Å². The minimum absolute atomic E-state index is 0.0943. The Bertz CT molecular complexity index is 696. The van der Waals surface area contributed by atoms with Crippen molar-refractivity contribution in [2.45, 2.75) is 70.2 Å². The van der Waals surface area contributed by atoms with Gasteiger partial charge in [0.05, 0.1) is 35.2 Å². The van der Waals surface area contributed by atoms with Crippen molar-refractivity contribution >= 4 is 5.78 Å². The predicted octanol–water partition coefficient (Wildman–Crippen LogP) is 0.374. The number of carbonyl (C=O) groups is 1. The molecule has 6 nitrogen and oxygen atoms in total. The van der Waals surface area contributed by atoms with Gasteiger partial charge in [-0.2, -0.15) is 0 Å². The number of ketones is 1. The summed E-state index contributed by atoms with van der Waals surface area (Å²) in [6, 6.07) is 0. The minimum atomic E-state index is -1.30. The van der Waals surface area contributed by atoms with Crippen LogP contribution in [0.25, 0.3) is 0 Å². The fourth-order valence-electron chi connectivity index (χ4n) is 7.83. The van der Waals surface area contributed by atoms with Crippen molar-refractivity contribution in [3.05, 3.63) is 12.2 Å². The monoisotopic (exact) mass is 364 g/mol. The summed E-state index contributed by atoms with van der Waals surface area (Å²) in [6.45, 7) is 8.14. The van der Waals surface area contributed by atoms with Gasteiger partial charge in [-0.15, -0.1) is 0 Å². The van der Waals surface area contributed by atoms with Crippen LogP contribution in [-0.2, 0) is 9.53 Å². The second kappa shape index (κ2) is 4.78. The number of fused-ring (bicyclic) bond motifs is 2. The number of rotatable bonds is 0. The van der Waals surface area contributed by atoms with E-state index < -0.39 is 53.4 Å². The van der Waals surface area contributed by atoms with Gasteiger partial charge in [0.2, 0.25) is 0 Å². The summed E-state index contributed by atoms with van der Waals surface area (Å²) in [5, 5.41) is 44.4. The summed E-state index contributed by atoms with van der Waals surface area (Å²) >= 11 is 0. The number of aliphatic hydroxyl groups excluding tert-OH is 4. The lowest BCUT2D eigenvalue weighted by Gasteiger charge is -2.73. The second-order valence-corrected chi connectivity index (χ2v) is 9.93. The lowest BCUT2D eigenvalue weighted by atomic mass is 9.36. The van der Waals surface area contributed by atoms with Crippen LogP contribution in [0, 0.1) is 34.0 Å². The molecule has 2 saturated heterocycles. The van der Waals surface area contributed by atoms with E-state index in [0.717, 1.165) is 6.42 Å². The molecule has 0 unspecified atom stereocenters. The molecule has 0 amide bonds. The third kappa shape index (κ3) is 1.51. The lowest BCUT2D eigenvalue weighted by Crippen LogP contribution is -2.80. The van der Waals surface area contributed by atoms with E-state index in [-0.39, 0.29) is 23.5 Å². The molecule has 2 spiro atoms. The van der Waals surface area contributed by atoms with Crippen molar-refractivity contribution < 1.29 is 30.0 Å². The summed E-state index contributed by atoms with van der Waals surface area (Å²) in [5.41, 5.74) is -2.27. The Kier molecular flexibility index (Phi) is 3.19. The number of Topliss-reactive ketones (excluding diaryl/α,β-unsaturated/α-hetero) is 1. The van der Waals surface area contributed by atoms with E-state index in [0.29, 0.717) is 18.4 Å². The van der Waals surface area contributed by atoms with Crippen LogP contribution in [-0.4, -0.2) is 56.9 Å². The Morgan fingerprint density at radius 2 is 1.85 bits per heavy atom. The van der Waals surface area contributed by atoms with Gasteiger partial charge >= 0.3 is 0 Å². The first-order valence-electron chi connectivity index (χ1n) is 9.72. The largest absolute Gasteiger partial charge is 0.393 e. The second-order valence-electron chi connectivity index (χ2n) is 9.93. The van der Waals surface area contributed by atoms with Gasteiger partial charge in [0.25, 0.3) is 0 Å². The summed E-state index contributed by atoms with van der Waals surface area (Å²) in [4.78, 5) is 13.3. The molecule has 4 saturated carbocycles. The average Bonchev–Trinajstić information content (AvgIpc) is 2.70. The van der Waals surface area contributed by atoms with E-state index in [4.69, 9.17) is 4.74 Å². The van der Waals surface area contributed by atoms with E-state index in [2.05, 4.69) is 20.4 Å². The zero-order chi connectivity index (χ0) is 18.8. The van der Waals surface area contributed by atoms with Crippen LogP contribution in [0.2, 0.25) is 0 Å². The third-order valence-corrected chi connectivity index (χ3v) is 8.83. The molecule has 0 radical (unpaired) electrons. The van der Waals surface area contributed by atoms with Gasteiger partial charge in [-0.3, -0.25) is 4.79 Å². The highest BCUT2D eigenvalue weighted by Crippen LogP contribution is 2.75. The van der Waals surface area contributed by atoms with E-state index in [1.165, 1.54) is 0 Å². The van der Waals surface area contributed by atoms with Gasteiger partial charge in [-0.1, -0.05) is 20.4 Å². The van der Waals surface area contributed by atoms with E-state index in [1.807, 2.05) is 0 Å². The normalized spacial score (nSPS) is 59.9. The van der Waals surface area contributed by atoms with E-state index in [9.17, 15) is 25.2 Å². The number of ether oxygens (including phenoxy) is 1. The predicted molar refractivity (Wildman–Crippen MR) is 90.6 cm³/mol. The van der Waals surface area contributed by atoms with E-state index >= 15 is 0 Å². The zero-order valence-electron chi connectivity index (χ0n) is 15.3. The molecule has 2 aliphatic heterocycles. The smallest absolute Gasteiger partial charge is 0.170 e. The fourth-order valence-corrected chi connectivity index (χ4v) is 7.83. The van der Waals surface area contributed by atoms with Crippen molar-refractivity contribution in [3.63, 3.8) is 0 Å². The summed E-state index contributed by atoms with van der Waals surface area (Å²) in [6.07, 6.45) is -2.67. The zero-order valence-corrected chi connectivity index (χ0v) is 15.3. The third-order valence-electron chi connectivity index (χ3n) is 8.83. The quantitative estimate of drug-likeness (QED) is 0.463. The maximum absolute atomic E-state index is 13.3. The van der Waals surface area contributed by atoms with E-state index in [1.54, 1.807) is 0 Å². The van der Waals surface area contributed by atoms with Crippen molar-refractivity contribution in [2.24, 2.45) is 34.0 Å². The van der Waals surface area contributed by atoms with Crippen molar-refractivity contribution in [1.29, 1.82) is 0 Å². The first-order chi connectivity index (χ1) is 12.1. The molecular formula is C20H28O6. The molecule has 6 aliphatic rings. The standard InChI is InChI=1S/C20H28O6/c1-8-9-6-10(21)14-19-11(18(2,3)5-4-12(19)22)7-13(26-17(19)25)20(14,15(8)23)16(9)24/h9-14,16-17,21-22,24-25H,1,4-7H2,2-3H3/t9-,10-,11+,12+,13+,14-,16+,17+,19+,20+/m0/s1. The summed E-state index contributed by atoms with van der Waals surface area (Å²) < 4.78 is 5.90. The Hall–Kier alpha value is -0.790. The van der Waals surface area contributed by atoms with Crippen molar-refractivity contribution in [3.8, 4) is 0 Å². The summed E-state index contributed by atoms with van der Waals surface area (Å²) in [7, 11) is 0. The minimum Gasteiger partial charge on any atom is -0.393 e. The van der Waals surface area contributed by atoms with Gasteiger partial charge in [0.15, 0.2) is 12.1 Å². The molecule has 144 valence electrons. The molecule has 0 aromatic carbocycles. The molecule has 0 aromatic rings. The SMILES string of the molecule is C=C1C(=O)[C@]23[C@H](O)[C@H]1C[C@H](O)[C@H]2[C@]12[C@H](O)CCC(C)(C)[C@H]1C[C@H]3O[C@H]2O. The summed E-state index contributed by atoms with van der Waals surface area (Å²) in [5.74, 6) is -1.54. The average molecular weight is 364 g/mol. The molecule has 6 rings (SSSR count). The highest BCUT2D eigenvalue weighted by molar-refractivity contribution is 6.04. The first-order valence-corrected chi connectivity index (χ1v) is 9.72. The van der Waals surface area contributed by atoms with Gasteiger partial charge < -0.3 is 25.2 Å². The van der Waals surface area contributed by atoms with Crippen LogP contribution in [0.1, 0.15) is 39.5 Å². The Labute approximate surface area is 152 Å². The topological polar surface area (TPSA) is 107 Å².